The Labute approximate surface area is 221 Å². The summed E-state index contributed by atoms with van der Waals surface area (Å²) in [4.78, 5) is 20.8. The Morgan fingerprint density at radius 1 is 1.00 bits per heavy atom. The summed E-state index contributed by atoms with van der Waals surface area (Å²) in [5, 5.41) is 21.8. The van der Waals surface area contributed by atoms with Crippen LogP contribution >= 0.6 is 11.6 Å². The Morgan fingerprint density at radius 2 is 1.71 bits per heavy atom. The molecule has 4 aromatic rings. The largest absolute Gasteiger partial charge is 0.465 e. The molecule has 1 fully saturated rings. The molecule has 1 unspecified atom stereocenters. The Bertz CT molecular complexity index is 1480. The van der Waals surface area contributed by atoms with Crippen molar-refractivity contribution >= 4 is 28.6 Å². The number of likely N-dealkylation sites (tertiary alicyclic amines) is 1. The first kappa shape index (κ1) is 25.9. The van der Waals surface area contributed by atoms with E-state index in [2.05, 4.69) is 9.97 Å². The zero-order chi connectivity index (χ0) is 27.1. The number of piperidine rings is 1. The van der Waals surface area contributed by atoms with Crippen LogP contribution in [0.3, 0.4) is 0 Å². The molecule has 2 N–H and O–H groups in total. The number of carbonyl (C=O) groups is 1. The van der Waals surface area contributed by atoms with Crippen LogP contribution in [0.15, 0.2) is 73.1 Å². The smallest absolute Gasteiger partial charge is 0.434 e. The number of hydrogen-bond acceptors (Lipinski definition) is 4. The van der Waals surface area contributed by atoms with Gasteiger partial charge in [0.1, 0.15) is 5.60 Å². The average molecular weight is 542 g/mol. The standard InChI is InChI=1S/C28H23ClF3N3O3/c29-24-21-15-19(8-9-22(21)34-25(28(30,31)32)23(24)17-5-2-1-3-6-17)27(38,20-7-4-12-33-16-20)18-10-13-35(14-11-18)26(36)37/h1-9,12,15-16,18,38H,10-11,13-14H2,(H,36,37). The molecule has 1 saturated heterocycles. The second kappa shape index (κ2) is 9.89. The van der Waals surface area contributed by atoms with Gasteiger partial charge in [-0.2, -0.15) is 13.2 Å². The summed E-state index contributed by atoms with van der Waals surface area (Å²) >= 11 is 6.69. The molecular formula is C28H23ClF3N3O3. The number of amides is 1. The van der Waals surface area contributed by atoms with Crippen molar-refractivity contribution in [2.24, 2.45) is 5.92 Å². The number of alkyl halides is 3. The van der Waals surface area contributed by atoms with E-state index < -0.39 is 23.6 Å². The molecule has 0 saturated carbocycles. The lowest BCUT2D eigenvalue weighted by molar-refractivity contribution is -0.140. The maximum Gasteiger partial charge on any atom is 0.434 e. The number of pyridine rings is 2. The Balaban J connectivity index is 1.70. The van der Waals surface area contributed by atoms with Crippen molar-refractivity contribution < 1.29 is 28.2 Å². The van der Waals surface area contributed by atoms with Gasteiger partial charge in [0.25, 0.3) is 0 Å². The molecule has 38 heavy (non-hydrogen) atoms. The highest BCUT2D eigenvalue weighted by atomic mass is 35.5. The second-order valence-corrected chi connectivity index (χ2v) is 9.68. The first-order valence-corrected chi connectivity index (χ1v) is 12.4. The number of benzene rings is 2. The molecule has 2 aromatic carbocycles. The maximum atomic E-state index is 14.0. The molecule has 5 rings (SSSR count). The van der Waals surface area contributed by atoms with Gasteiger partial charge in [0.05, 0.1) is 10.5 Å². The van der Waals surface area contributed by atoms with Gasteiger partial charge in [0, 0.05) is 42.0 Å². The molecule has 1 aliphatic rings. The van der Waals surface area contributed by atoms with Crippen molar-refractivity contribution in [1.29, 1.82) is 0 Å². The number of aromatic nitrogens is 2. The molecule has 6 nitrogen and oxygen atoms in total. The van der Waals surface area contributed by atoms with Gasteiger partial charge in [-0.1, -0.05) is 54.1 Å². The number of rotatable bonds is 4. The number of halogens is 4. The summed E-state index contributed by atoms with van der Waals surface area (Å²) < 4.78 is 42.1. The highest BCUT2D eigenvalue weighted by Gasteiger charge is 2.43. The van der Waals surface area contributed by atoms with Crippen LogP contribution in [0.2, 0.25) is 5.02 Å². The van der Waals surface area contributed by atoms with Gasteiger partial charge in [0.15, 0.2) is 5.69 Å². The Morgan fingerprint density at radius 3 is 2.32 bits per heavy atom. The van der Waals surface area contributed by atoms with Crippen LogP contribution in [0.4, 0.5) is 18.0 Å². The average Bonchev–Trinajstić information content (AvgIpc) is 2.93. The summed E-state index contributed by atoms with van der Waals surface area (Å²) in [6, 6.07) is 16.0. The van der Waals surface area contributed by atoms with E-state index in [1.807, 2.05) is 0 Å². The lowest BCUT2D eigenvalue weighted by Gasteiger charge is -2.41. The van der Waals surface area contributed by atoms with E-state index in [9.17, 15) is 28.2 Å². The Hall–Kier alpha value is -3.69. The number of fused-ring (bicyclic) bond motifs is 1. The van der Waals surface area contributed by atoms with Crippen molar-refractivity contribution in [2.45, 2.75) is 24.6 Å². The summed E-state index contributed by atoms with van der Waals surface area (Å²) in [6.45, 7) is 0.483. The Kier molecular flexibility index (Phi) is 6.75. The SMILES string of the molecule is O=C(O)N1CCC(C(O)(c2cccnc2)c2ccc3nc(C(F)(F)F)c(-c4ccccc4)c(Cl)c3c2)CC1. The normalized spacial score (nSPS) is 16.4. The molecular weight excluding hydrogens is 519 g/mol. The minimum atomic E-state index is -4.74. The quantitative estimate of drug-likeness (QED) is 0.304. The van der Waals surface area contributed by atoms with Gasteiger partial charge >= 0.3 is 12.3 Å². The number of carboxylic acid groups (broad SMARTS) is 1. The first-order valence-electron chi connectivity index (χ1n) is 12.0. The number of hydrogen-bond donors (Lipinski definition) is 2. The minimum Gasteiger partial charge on any atom is -0.465 e. The monoisotopic (exact) mass is 541 g/mol. The summed E-state index contributed by atoms with van der Waals surface area (Å²) in [7, 11) is 0. The van der Waals surface area contributed by atoms with Crippen LogP contribution in [0.1, 0.15) is 29.7 Å². The topological polar surface area (TPSA) is 86.5 Å². The molecule has 0 bridgehead atoms. The summed E-state index contributed by atoms with van der Waals surface area (Å²) in [5.74, 6) is -0.380. The lowest BCUT2D eigenvalue weighted by Crippen LogP contribution is -2.45. The predicted molar refractivity (Wildman–Crippen MR) is 137 cm³/mol. The fourth-order valence-electron chi connectivity index (χ4n) is 5.25. The minimum absolute atomic E-state index is 0.0417. The van der Waals surface area contributed by atoms with Crippen LogP contribution in [0.25, 0.3) is 22.0 Å². The third-order valence-electron chi connectivity index (χ3n) is 7.15. The van der Waals surface area contributed by atoms with Crippen LogP contribution < -0.4 is 0 Å². The second-order valence-electron chi connectivity index (χ2n) is 9.30. The first-order chi connectivity index (χ1) is 18.1. The van der Waals surface area contributed by atoms with E-state index in [1.165, 1.54) is 29.3 Å². The van der Waals surface area contributed by atoms with E-state index in [-0.39, 0.29) is 46.1 Å². The molecule has 3 heterocycles. The highest BCUT2D eigenvalue weighted by molar-refractivity contribution is 6.38. The third-order valence-corrected chi connectivity index (χ3v) is 7.54. The van der Waals surface area contributed by atoms with E-state index in [4.69, 9.17) is 11.6 Å². The third kappa shape index (κ3) is 4.56. The van der Waals surface area contributed by atoms with Crippen molar-refractivity contribution in [3.63, 3.8) is 0 Å². The van der Waals surface area contributed by atoms with Crippen LogP contribution in [-0.4, -0.2) is 44.3 Å². The molecule has 0 spiro atoms. The van der Waals surface area contributed by atoms with E-state index >= 15 is 0 Å². The molecule has 10 heteroatoms. The lowest BCUT2D eigenvalue weighted by atomic mass is 9.72. The molecule has 1 amide bonds. The fraction of sp³-hybridized carbons (Fsp3) is 0.250. The zero-order valence-electron chi connectivity index (χ0n) is 20.0. The molecule has 0 radical (unpaired) electrons. The van der Waals surface area contributed by atoms with Crippen molar-refractivity contribution in [1.82, 2.24) is 14.9 Å². The molecule has 1 aliphatic heterocycles. The molecule has 1 atom stereocenters. The summed E-state index contributed by atoms with van der Waals surface area (Å²) in [6.07, 6.45) is -1.89. The van der Waals surface area contributed by atoms with Crippen LogP contribution in [0.5, 0.6) is 0 Å². The van der Waals surface area contributed by atoms with Gasteiger partial charge < -0.3 is 15.1 Å². The molecule has 2 aromatic heterocycles. The van der Waals surface area contributed by atoms with Crippen molar-refractivity contribution in [2.75, 3.05) is 13.1 Å². The fourth-order valence-corrected chi connectivity index (χ4v) is 5.60. The predicted octanol–water partition coefficient (Wildman–Crippen LogP) is 6.59. The molecule has 0 aliphatic carbocycles. The summed E-state index contributed by atoms with van der Waals surface area (Å²) in [5.41, 5.74) is -1.69. The van der Waals surface area contributed by atoms with Gasteiger partial charge in [-0.15, -0.1) is 0 Å². The van der Waals surface area contributed by atoms with E-state index in [0.717, 1.165) is 0 Å². The number of nitrogens with zero attached hydrogens (tertiary/aromatic N) is 3. The zero-order valence-corrected chi connectivity index (χ0v) is 20.7. The maximum absolute atomic E-state index is 14.0. The van der Waals surface area contributed by atoms with Gasteiger partial charge in [0.2, 0.25) is 0 Å². The molecule has 196 valence electrons. The van der Waals surface area contributed by atoms with E-state index in [0.29, 0.717) is 24.0 Å². The van der Waals surface area contributed by atoms with Crippen molar-refractivity contribution in [3.8, 4) is 11.1 Å². The van der Waals surface area contributed by atoms with Gasteiger partial charge in [-0.3, -0.25) is 4.98 Å². The highest BCUT2D eigenvalue weighted by Crippen LogP contribution is 2.46. The van der Waals surface area contributed by atoms with Crippen LogP contribution in [-0.2, 0) is 11.8 Å². The van der Waals surface area contributed by atoms with Gasteiger partial charge in [-0.05, 0) is 48.1 Å². The number of aliphatic hydroxyl groups is 1. The van der Waals surface area contributed by atoms with Crippen molar-refractivity contribution in [3.05, 3.63) is 94.9 Å². The van der Waals surface area contributed by atoms with E-state index in [1.54, 1.807) is 48.7 Å². The van der Waals surface area contributed by atoms with Gasteiger partial charge in [-0.25, -0.2) is 9.78 Å². The van der Waals surface area contributed by atoms with Crippen LogP contribution in [0, 0.1) is 5.92 Å².